The lowest BCUT2D eigenvalue weighted by molar-refractivity contribution is 0.367. The maximum absolute atomic E-state index is 5.41. The van der Waals surface area contributed by atoms with Gasteiger partial charge in [-0.3, -0.25) is 0 Å². The van der Waals surface area contributed by atoms with E-state index in [4.69, 9.17) is 4.74 Å². The van der Waals surface area contributed by atoms with Crippen molar-refractivity contribution in [3.8, 4) is 5.88 Å². The molecule has 0 saturated carbocycles. The van der Waals surface area contributed by atoms with E-state index in [0.717, 1.165) is 30.1 Å². The predicted molar refractivity (Wildman–Crippen MR) is 83.6 cm³/mol. The van der Waals surface area contributed by atoms with Crippen LogP contribution in [0.1, 0.15) is 27.9 Å². The second kappa shape index (κ2) is 6.41. The van der Waals surface area contributed by atoms with Crippen molar-refractivity contribution in [2.45, 2.75) is 39.8 Å². The van der Waals surface area contributed by atoms with Crippen LogP contribution in [0, 0.1) is 13.8 Å². The van der Waals surface area contributed by atoms with Crippen LogP contribution >= 0.6 is 11.3 Å². The molecule has 0 spiro atoms. The molecule has 2 rings (SSSR count). The Kier molecular flexibility index (Phi) is 4.83. The number of ether oxygens (including phenoxy) is 1. The highest BCUT2D eigenvalue weighted by molar-refractivity contribution is 7.11. The Morgan fingerprint density at radius 2 is 2.15 bits per heavy atom. The molecule has 0 saturated heterocycles. The Bertz CT molecular complexity index is 574. The van der Waals surface area contributed by atoms with Crippen LogP contribution < -0.4 is 10.1 Å². The molecule has 0 aliphatic carbocycles. The zero-order valence-electron chi connectivity index (χ0n) is 12.9. The maximum atomic E-state index is 5.41. The second-order valence-corrected chi connectivity index (χ2v) is 6.57. The van der Waals surface area contributed by atoms with Crippen molar-refractivity contribution in [2.24, 2.45) is 7.05 Å². The highest BCUT2D eigenvalue weighted by atomic mass is 32.1. The highest BCUT2D eigenvalue weighted by Crippen LogP contribution is 2.21. The molecule has 2 aromatic heterocycles. The van der Waals surface area contributed by atoms with Crippen molar-refractivity contribution < 1.29 is 4.74 Å². The van der Waals surface area contributed by atoms with E-state index in [9.17, 15) is 0 Å². The number of rotatable bonds is 6. The standard InChI is InChI=1S/C15H23N3OS/c1-10(8-13-7-6-11(2)20-13)16-9-14-12(3)17-18(4)15(14)19-5/h6-7,10,16H,8-9H2,1-5H3. The minimum Gasteiger partial charge on any atom is -0.481 e. The van der Waals surface area contributed by atoms with E-state index < -0.39 is 0 Å². The predicted octanol–water partition coefficient (Wildman–Crippen LogP) is 2.83. The van der Waals surface area contributed by atoms with Crippen molar-refractivity contribution in [1.82, 2.24) is 15.1 Å². The van der Waals surface area contributed by atoms with E-state index in [0.29, 0.717) is 6.04 Å². The summed E-state index contributed by atoms with van der Waals surface area (Å²) < 4.78 is 7.20. The van der Waals surface area contributed by atoms with Gasteiger partial charge in [-0.15, -0.1) is 11.3 Å². The number of hydrogen-bond acceptors (Lipinski definition) is 4. The average molecular weight is 293 g/mol. The molecule has 20 heavy (non-hydrogen) atoms. The molecule has 0 aromatic carbocycles. The van der Waals surface area contributed by atoms with Gasteiger partial charge in [-0.1, -0.05) is 0 Å². The average Bonchev–Trinajstić information content (AvgIpc) is 2.90. The molecular formula is C15H23N3OS. The molecule has 110 valence electrons. The Morgan fingerprint density at radius 1 is 1.40 bits per heavy atom. The van der Waals surface area contributed by atoms with Crippen LogP contribution in [0.15, 0.2) is 12.1 Å². The van der Waals surface area contributed by atoms with Gasteiger partial charge in [0.2, 0.25) is 5.88 Å². The molecule has 4 nitrogen and oxygen atoms in total. The lowest BCUT2D eigenvalue weighted by Crippen LogP contribution is -2.27. The highest BCUT2D eigenvalue weighted by Gasteiger charge is 2.14. The quantitative estimate of drug-likeness (QED) is 0.890. The van der Waals surface area contributed by atoms with E-state index >= 15 is 0 Å². The molecule has 2 aromatic rings. The Morgan fingerprint density at radius 3 is 2.75 bits per heavy atom. The fraction of sp³-hybridized carbons (Fsp3) is 0.533. The minimum atomic E-state index is 0.428. The third-order valence-corrected chi connectivity index (χ3v) is 4.44. The van der Waals surface area contributed by atoms with Gasteiger partial charge >= 0.3 is 0 Å². The number of nitrogens with one attached hydrogen (secondary N) is 1. The molecule has 0 fully saturated rings. The van der Waals surface area contributed by atoms with Crippen molar-refractivity contribution in [3.63, 3.8) is 0 Å². The largest absolute Gasteiger partial charge is 0.481 e. The zero-order valence-corrected chi connectivity index (χ0v) is 13.7. The number of aryl methyl sites for hydroxylation is 3. The van der Waals surface area contributed by atoms with Gasteiger partial charge in [0, 0.05) is 29.4 Å². The van der Waals surface area contributed by atoms with Crippen LogP contribution in [-0.4, -0.2) is 22.9 Å². The lowest BCUT2D eigenvalue weighted by Gasteiger charge is -2.13. The first-order valence-electron chi connectivity index (χ1n) is 6.86. The van der Waals surface area contributed by atoms with E-state index in [1.165, 1.54) is 9.75 Å². The summed E-state index contributed by atoms with van der Waals surface area (Å²) in [6.45, 7) is 7.17. The van der Waals surface area contributed by atoms with Gasteiger partial charge < -0.3 is 10.1 Å². The van der Waals surface area contributed by atoms with Gasteiger partial charge in [-0.2, -0.15) is 5.10 Å². The number of thiophene rings is 1. The van der Waals surface area contributed by atoms with Gasteiger partial charge in [0.15, 0.2) is 0 Å². The van der Waals surface area contributed by atoms with Crippen molar-refractivity contribution >= 4 is 11.3 Å². The van der Waals surface area contributed by atoms with Crippen LogP contribution in [0.25, 0.3) is 0 Å². The SMILES string of the molecule is COc1c(CNC(C)Cc2ccc(C)s2)c(C)nn1C. The van der Waals surface area contributed by atoms with Crippen molar-refractivity contribution in [3.05, 3.63) is 33.1 Å². The number of hydrogen-bond donors (Lipinski definition) is 1. The zero-order chi connectivity index (χ0) is 14.7. The van der Waals surface area contributed by atoms with Crippen LogP contribution in [-0.2, 0) is 20.0 Å². The molecule has 2 heterocycles. The van der Waals surface area contributed by atoms with Gasteiger partial charge in [0.1, 0.15) is 0 Å². The first kappa shape index (κ1) is 15.1. The normalized spacial score (nSPS) is 12.7. The first-order chi connectivity index (χ1) is 9.51. The van der Waals surface area contributed by atoms with Gasteiger partial charge in [0.05, 0.1) is 18.4 Å². The van der Waals surface area contributed by atoms with Crippen molar-refractivity contribution in [2.75, 3.05) is 7.11 Å². The van der Waals surface area contributed by atoms with Crippen LogP contribution in [0.5, 0.6) is 5.88 Å². The Hall–Kier alpha value is -1.33. The Labute approximate surface area is 124 Å². The topological polar surface area (TPSA) is 39.1 Å². The van der Waals surface area contributed by atoms with Gasteiger partial charge in [-0.25, -0.2) is 4.68 Å². The minimum absolute atomic E-state index is 0.428. The molecule has 1 N–H and O–H groups in total. The van der Waals surface area contributed by atoms with E-state index in [-0.39, 0.29) is 0 Å². The van der Waals surface area contributed by atoms with Gasteiger partial charge in [0.25, 0.3) is 0 Å². The second-order valence-electron chi connectivity index (χ2n) is 5.20. The maximum Gasteiger partial charge on any atom is 0.216 e. The summed E-state index contributed by atoms with van der Waals surface area (Å²) in [5.41, 5.74) is 2.17. The summed E-state index contributed by atoms with van der Waals surface area (Å²) in [7, 11) is 3.60. The molecule has 0 aliphatic heterocycles. The third-order valence-electron chi connectivity index (χ3n) is 3.41. The smallest absolute Gasteiger partial charge is 0.216 e. The number of nitrogens with zero attached hydrogens (tertiary/aromatic N) is 2. The fourth-order valence-corrected chi connectivity index (χ4v) is 3.40. The first-order valence-corrected chi connectivity index (χ1v) is 7.68. The van der Waals surface area contributed by atoms with E-state index in [2.05, 4.69) is 36.4 Å². The molecule has 0 bridgehead atoms. The van der Waals surface area contributed by atoms with Crippen LogP contribution in [0.4, 0.5) is 0 Å². The van der Waals surface area contributed by atoms with Crippen LogP contribution in [0.2, 0.25) is 0 Å². The molecule has 0 amide bonds. The van der Waals surface area contributed by atoms with E-state index in [1.54, 1.807) is 11.8 Å². The lowest BCUT2D eigenvalue weighted by atomic mass is 10.2. The molecule has 1 unspecified atom stereocenters. The van der Waals surface area contributed by atoms with E-state index in [1.807, 2.05) is 25.3 Å². The molecule has 0 radical (unpaired) electrons. The summed E-state index contributed by atoms with van der Waals surface area (Å²) in [5.74, 6) is 0.842. The number of methoxy groups -OCH3 is 1. The Balaban J connectivity index is 1.95. The molecule has 1 atom stereocenters. The number of aromatic nitrogens is 2. The summed E-state index contributed by atoms with van der Waals surface area (Å²) in [6.07, 6.45) is 1.06. The molecular weight excluding hydrogens is 270 g/mol. The van der Waals surface area contributed by atoms with Gasteiger partial charge in [-0.05, 0) is 39.3 Å². The molecule has 5 heteroatoms. The fourth-order valence-electron chi connectivity index (χ4n) is 2.38. The third kappa shape index (κ3) is 3.41. The summed E-state index contributed by atoms with van der Waals surface area (Å²) in [5, 5.41) is 7.96. The van der Waals surface area contributed by atoms with Crippen molar-refractivity contribution in [1.29, 1.82) is 0 Å². The molecule has 0 aliphatic rings. The monoisotopic (exact) mass is 293 g/mol. The summed E-state index contributed by atoms with van der Waals surface area (Å²) in [4.78, 5) is 2.80. The summed E-state index contributed by atoms with van der Waals surface area (Å²) >= 11 is 1.87. The van der Waals surface area contributed by atoms with Crippen LogP contribution in [0.3, 0.4) is 0 Å². The summed E-state index contributed by atoms with van der Waals surface area (Å²) in [6, 6.07) is 4.83.